The van der Waals surface area contributed by atoms with Crippen molar-refractivity contribution < 1.29 is 9.59 Å². The normalized spacial score (nSPS) is 10.7. The molecule has 2 rings (SSSR count). The molecule has 0 saturated heterocycles. The largest absolute Gasteiger partial charge is 0.366 e. The van der Waals surface area contributed by atoms with Crippen molar-refractivity contribution in [3.05, 3.63) is 35.7 Å². The SMILES string of the molecule is CC(C)c1nnc(SCC(=O)Nc2ccccc2C(N)=O)n1N. The zero-order valence-electron chi connectivity index (χ0n) is 12.8. The molecule has 2 aromatic rings. The summed E-state index contributed by atoms with van der Waals surface area (Å²) in [7, 11) is 0. The van der Waals surface area contributed by atoms with Crippen molar-refractivity contribution in [2.75, 3.05) is 16.9 Å². The first-order valence-electron chi connectivity index (χ1n) is 6.92. The second-order valence-corrected chi connectivity index (χ2v) is 6.05. The van der Waals surface area contributed by atoms with Crippen LogP contribution < -0.4 is 16.9 Å². The van der Waals surface area contributed by atoms with Crippen LogP contribution in [0.5, 0.6) is 0 Å². The summed E-state index contributed by atoms with van der Waals surface area (Å²) in [6, 6.07) is 6.55. The molecule has 1 heterocycles. The summed E-state index contributed by atoms with van der Waals surface area (Å²) in [6.45, 7) is 3.91. The summed E-state index contributed by atoms with van der Waals surface area (Å²) in [4.78, 5) is 23.4. The lowest BCUT2D eigenvalue weighted by Crippen LogP contribution is -2.20. The highest BCUT2D eigenvalue weighted by atomic mass is 32.2. The second kappa shape index (κ2) is 7.14. The molecule has 0 bridgehead atoms. The summed E-state index contributed by atoms with van der Waals surface area (Å²) in [5, 5.41) is 11.1. The van der Waals surface area contributed by atoms with Crippen LogP contribution in [0.15, 0.2) is 29.4 Å². The van der Waals surface area contributed by atoms with Gasteiger partial charge in [-0.3, -0.25) is 9.59 Å². The molecule has 23 heavy (non-hydrogen) atoms. The maximum Gasteiger partial charge on any atom is 0.250 e. The number of aromatic nitrogens is 3. The van der Waals surface area contributed by atoms with Gasteiger partial charge < -0.3 is 16.9 Å². The number of carbonyl (C=O) groups is 2. The summed E-state index contributed by atoms with van der Waals surface area (Å²) >= 11 is 1.16. The number of nitrogens with one attached hydrogen (secondary N) is 1. The van der Waals surface area contributed by atoms with Crippen LogP contribution in [0.4, 0.5) is 5.69 Å². The fraction of sp³-hybridized carbons (Fsp3) is 0.286. The highest BCUT2D eigenvalue weighted by molar-refractivity contribution is 7.99. The van der Waals surface area contributed by atoms with Crippen molar-refractivity contribution in [2.24, 2.45) is 5.73 Å². The maximum absolute atomic E-state index is 12.0. The van der Waals surface area contributed by atoms with Crippen LogP contribution in [-0.2, 0) is 4.79 Å². The van der Waals surface area contributed by atoms with Gasteiger partial charge in [0.2, 0.25) is 11.1 Å². The lowest BCUT2D eigenvalue weighted by molar-refractivity contribution is -0.113. The Bertz CT molecular complexity index is 728. The van der Waals surface area contributed by atoms with Gasteiger partial charge >= 0.3 is 0 Å². The Morgan fingerprint density at radius 1 is 1.30 bits per heavy atom. The molecular weight excluding hydrogens is 316 g/mol. The molecule has 0 aliphatic carbocycles. The van der Waals surface area contributed by atoms with Crippen molar-refractivity contribution in [1.82, 2.24) is 14.9 Å². The van der Waals surface area contributed by atoms with Crippen molar-refractivity contribution in [1.29, 1.82) is 0 Å². The molecule has 8 nitrogen and oxygen atoms in total. The number of nitrogen functional groups attached to an aromatic ring is 1. The maximum atomic E-state index is 12.0. The van der Waals surface area contributed by atoms with Gasteiger partial charge in [0.15, 0.2) is 5.82 Å². The number of carbonyl (C=O) groups excluding carboxylic acids is 2. The fourth-order valence-corrected chi connectivity index (χ4v) is 2.57. The molecule has 1 aromatic heterocycles. The van der Waals surface area contributed by atoms with Gasteiger partial charge in [-0.15, -0.1) is 10.2 Å². The monoisotopic (exact) mass is 334 g/mol. The molecular formula is C14H18N6O2S. The molecule has 9 heteroatoms. The van der Waals surface area contributed by atoms with E-state index in [1.165, 1.54) is 4.68 Å². The molecule has 0 atom stereocenters. The minimum absolute atomic E-state index is 0.0839. The number of nitrogens with zero attached hydrogens (tertiary/aromatic N) is 3. The van der Waals surface area contributed by atoms with Crippen molar-refractivity contribution in [3.63, 3.8) is 0 Å². The quantitative estimate of drug-likeness (QED) is 0.533. The molecule has 0 saturated carbocycles. The zero-order valence-corrected chi connectivity index (χ0v) is 13.6. The van der Waals surface area contributed by atoms with E-state index < -0.39 is 5.91 Å². The molecule has 0 spiro atoms. The van der Waals surface area contributed by atoms with Gasteiger partial charge in [-0.1, -0.05) is 37.7 Å². The van der Waals surface area contributed by atoms with Gasteiger partial charge in [0.25, 0.3) is 5.91 Å². The van der Waals surface area contributed by atoms with Crippen LogP contribution in [0, 0.1) is 0 Å². The number of primary amides is 1. The third-order valence-corrected chi connectivity index (χ3v) is 3.95. The van der Waals surface area contributed by atoms with E-state index in [-0.39, 0.29) is 23.1 Å². The third-order valence-electron chi connectivity index (χ3n) is 3.01. The fourth-order valence-electron chi connectivity index (χ4n) is 1.90. The van der Waals surface area contributed by atoms with E-state index >= 15 is 0 Å². The minimum Gasteiger partial charge on any atom is -0.366 e. The smallest absolute Gasteiger partial charge is 0.250 e. The number of thioether (sulfide) groups is 1. The van der Waals surface area contributed by atoms with Crippen molar-refractivity contribution >= 4 is 29.3 Å². The van der Waals surface area contributed by atoms with E-state index in [4.69, 9.17) is 11.6 Å². The number of benzene rings is 1. The van der Waals surface area contributed by atoms with E-state index in [2.05, 4.69) is 15.5 Å². The third kappa shape index (κ3) is 4.01. The molecule has 0 aliphatic heterocycles. The Hall–Kier alpha value is -2.55. The zero-order chi connectivity index (χ0) is 17.0. The number of para-hydroxylation sites is 1. The number of rotatable bonds is 6. The molecule has 0 radical (unpaired) electrons. The summed E-state index contributed by atoms with van der Waals surface area (Å²) in [5.41, 5.74) is 5.91. The Balaban J connectivity index is 2.00. The van der Waals surface area contributed by atoms with E-state index in [9.17, 15) is 9.59 Å². The van der Waals surface area contributed by atoms with Crippen molar-refractivity contribution in [3.8, 4) is 0 Å². The first-order chi connectivity index (χ1) is 10.9. The van der Waals surface area contributed by atoms with Gasteiger partial charge in [0.05, 0.1) is 17.0 Å². The standard InChI is InChI=1S/C14H18N6O2S/c1-8(2)13-18-19-14(20(13)16)23-7-11(21)17-10-6-4-3-5-9(10)12(15)22/h3-6,8H,7,16H2,1-2H3,(H2,15,22)(H,17,21). The number of amides is 2. The molecule has 0 aliphatic rings. The summed E-state index contributed by atoms with van der Waals surface area (Å²) in [5.74, 6) is 5.86. The van der Waals surface area contributed by atoms with Crippen LogP contribution in [0.1, 0.15) is 35.9 Å². The van der Waals surface area contributed by atoms with E-state index in [1.54, 1.807) is 24.3 Å². The first kappa shape index (κ1) is 16.8. The summed E-state index contributed by atoms with van der Waals surface area (Å²) in [6.07, 6.45) is 0. The van der Waals surface area contributed by atoms with Gasteiger partial charge in [0, 0.05) is 5.92 Å². The van der Waals surface area contributed by atoms with Crippen LogP contribution >= 0.6 is 11.8 Å². The van der Waals surface area contributed by atoms with Crippen LogP contribution in [0.3, 0.4) is 0 Å². The average Bonchev–Trinajstić information content (AvgIpc) is 2.86. The predicted molar refractivity (Wildman–Crippen MR) is 88.6 cm³/mol. The molecule has 1 aromatic carbocycles. The Morgan fingerprint density at radius 2 is 2.00 bits per heavy atom. The second-order valence-electron chi connectivity index (χ2n) is 5.11. The summed E-state index contributed by atoms with van der Waals surface area (Å²) < 4.78 is 1.37. The van der Waals surface area contributed by atoms with Gasteiger partial charge in [-0.2, -0.15) is 0 Å². The highest BCUT2D eigenvalue weighted by Gasteiger charge is 2.15. The van der Waals surface area contributed by atoms with Gasteiger partial charge in [0.1, 0.15) is 0 Å². The Morgan fingerprint density at radius 3 is 2.61 bits per heavy atom. The van der Waals surface area contributed by atoms with Crippen LogP contribution in [-0.4, -0.2) is 32.4 Å². The number of nitrogens with two attached hydrogens (primary N) is 2. The lowest BCUT2D eigenvalue weighted by atomic mass is 10.1. The van der Waals surface area contributed by atoms with Gasteiger partial charge in [-0.25, -0.2) is 4.68 Å². The minimum atomic E-state index is -0.600. The molecule has 0 fully saturated rings. The average molecular weight is 334 g/mol. The molecule has 5 N–H and O–H groups in total. The highest BCUT2D eigenvalue weighted by Crippen LogP contribution is 2.19. The van der Waals surface area contributed by atoms with Crippen LogP contribution in [0.2, 0.25) is 0 Å². The molecule has 2 amide bonds. The topological polar surface area (TPSA) is 129 Å². The molecule has 0 unspecified atom stereocenters. The van der Waals surface area contributed by atoms with Crippen LogP contribution in [0.25, 0.3) is 0 Å². The van der Waals surface area contributed by atoms with Gasteiger partial charge in [-0.05, 0) is 12.1 Å². The number of anilines is 1. The number of hydrogen-bond acceptors (Lipinski definition) is 6. The van der Waals surface area contributed by atoms with E-state index in [1.807, 2.05) is 13.8 Å². The number of hydrogen-bond donors (Lipinski definition) is 3. The first-order valence-corrected chi connectivity index (χ1v) is 7.90. The molecule has 122 valence electrons. The van der Waals surface area contributed by atoms with Crippen molar-refractivity contribution in [2.45, 2.75) is 24.9 Å². The predicted octanol–water partition coefficient (Wildman–Crippen LogP) is 0.945. The van der Waals surface area contributed by atoms with E-state index in [0.717, 1.165) is 11.8 Å². The Kier molecular flexibility index (Phi) is 5.22. The Labute approximate surface area is 137 Å². The van der Waals surface area contributed by atoms with E-state index in [0.29, 0.717) is 16.7 Å². The lowest BCUT2D eigenvalue weighted by Gasteiger charge is -2.08.